The Morgan fingerprint density at radius 1 is 1.00 bits per heavy atom. The van der Waals surface area contributed by atoms with Crippen LogP contribution >= 0.6 is 0 Å². The van der Waals surface area contributed by atoms with Crippen molar-refractivity contribution in [2.24, 2.45) is 0 Å². The highest BCUT2D eigenvalue weighted by molar-refractivity contribution is 6.04. The minimum absolute atomic E-state index is 0.172. The standard InChI is InChI=1S/C25H26N6O2/c1-2-3-4-15-33-22-11-5-19(6-12-22)25(32)30-21-9-7-20(8-10-21)29-23-16-24(28-17-27-23)31-14-13-26-18-31/h5-14,16-18H,2-4,15H2,1H3,(H,30,32)(H,27,28,29). The first-order chi connectivity index (χ1) is 16.2. The summed E-state index contributed by atoms with van der Waals surface area (Å²) in [4.78, 5) is 25.1. The molecular formula is C25H26N6O2. The molecule has 8 nitrogen and oxygen atoms in total. The number of amides is 1. The molecule has 0 aliphatic heterocycles. The van der Waals surface area contributed by atoms with Crippen LogP contribution in [-0.4, -0.2) is 32.0 Å². The first-order valence-corrected chi connectivity index (χ1v) is 10.9. The van der Waals surface area contributed by atoms with Gasteiger partial charge in [0.25, 0.3) is 5.91 Å². The van der Waals surface area contributed by atoms with Crippen LogP contribution in [0.25, 0.3) is 5.82 Å². The topological polar surface area (TPSA) is 94.0 Å². The molecule has 33 heavy (non-hydrogen) atoms. The Kier molecular flexibility index (Phi) is 7.27. The molecule has 0 bridgehead atoms. The van der Waals surface area contributed by atoms with Crippen LogP contribution in [0.2, 0.25) is 0 Å². The lowest BCUT2D eigenvalue weighted by Gasteiger charge is -2.10. The van der Waals surface area contributed by atoms with Crippen LogP contribution in [0.5, 0.6) is 5.75 Å². The van der Waals surface area contributed by atoms with Crippen molar-refractivity contribution < 1.29 is 9.53 Å². The van der Waals surface area contributed by atoms with E-state index in [1.165, 1.54) is 6.33 Å². The Hall–Kier alpha value is -4.20. The van der Waals surface area contributed by atoms with E-state index in [0.717, 1.165) is 30.7 Å². The number of carbonyl (C=O) groups is 1. The summed E-state index contributed by atoms with van der Waals surface area (Å²) in [5.74, 6) is 1.97. The SMILES string of the molecule is CCCCCOc1ccc(C(=O)Nc2ccc(Nc3cc(-n4ccnc4)ncn3)cc2)cc1. The van der Waals surface area contributed by atoms with Crippen molar-refractivity contribution in [1.82, 2.24) is 19.5 Å². The van der Waals surface area contributed by atoms with Gasteiger partial charge in [-0.2, -0.15) is 0 Å². The predicted octanol–water partition coefficient (Wildman–Crippen LogP) is 5.23. The number of rotatable bonds is 10. The molecule has 2 heterocycles. The van der Waals surface area contributed by atoms with Crippen LogP contribution in [-0.2, 0) is 0 Å². The number of carbonyl (C=O) groups excluding carboxylic acids is 1. The van der Waals surface area contributed by atoms with E-state index in [2.05, 4.69) is 32.5 Å². The molecule has 1 amide bonds. The summed E-state index contributed by atoms with van der Waals surface area (Å²) in [6.07, 6.45) is 10.0. The molecule has 0 spiro atoms. The molecule has 8 heteroatoms. The molecule has 0 aliphatic rings. The van der Waals surface area contributed by atoms with E-state index in [1.807, 2.05) is 48.7 Å². The van der Waals surface area contributed by atoms with E-state index < -0.39 is 0 Å². The van der Waals surface area contributed by atoms with Gasteiger partial charge in [0, 0.05) is 35.4 Å². The van der Waals surface area contributed by atoms with Gasteiger partial charge in [-0.1, -0.05) is 19.8 Å². The lowest BCUT2D eigenvalue weighted by atomic mass is 10.2. The molecule has 4 rings (SSSR count). The molecule has 2 aromatic carbocycles. The van der Waals surface area contributed by atoms with E-state index in [1.54, 1.807) is 29.2 Å². The summed E-state index contributed by atoms with van der Waals surface area (Å²) in [6, 6.07) is 16.5. The van der Waals surface area contributed by atoms with Gasteiger partial charge in [0.2, 0.25) is 0 Å². The molecular weight excluding hydrogens is 416 g/mol. The molecule has 0 saturated heterocycles. The Bertz CT molecular complexity index is 1160. The van der Waals surface area contributed by atoms with Crippen LogP contribution in [0.1, 0.15) is 36.5 Å². The minimum atomic E-state index is -0.172. The van der Waals surface area contributed by atoms with Crippen molar-refractivity contribution in [3.05, 3.63) is 85.2 Å². The maximum atomic E-state index is 12.6. The number of nitrogens with zero attached hydrogens (tertiary/aromatic N) is 4. The van der Waals surface area contributed by atoms with Crippen LogP contribution < -0.4 is 15.4 Å². The monoisotopic (exact) mass is 442 g/mol. The number of hydrogen-bond donors (Lipinski definition) is 2. The summed E-state index contributed by atoms with van der Waals surface area (Å²) in [7, 11) is 0. The summed E-state index contributed by atoms with van der Waals surface area (Å²) in [6.45, 7) is 2.86. The molecule has 0 unspecified atom stereocenters. The molecule has 168 valence electrons. The van der Waals surface area contributed by atoms with E-state index in [4.69, 9.17) is 4.74 Å². The number of aromatic nitrogens is 4. The van der Waals surface area contributed by atoms with Crippen molar-refractivity contribution in [3.8, 4) is 11.6 Å². The molecule has 2 N–H and O–H groups in total. The molecule has 0 saturated carbocycles. The van der Waals surface area contributed by atoms with E-state index in [-0.39, 0.29) is 5.91 Å². The average Bonchev–Trinajstić information content (AvgIpc) is 3.39. The van der Waals surface area contributed by atoms with Crippen molar-refractivity contribution in [2.75, 3.05) is 17.2 Å². The number of hydrogen-bond acceptors (Lipinski definition) is 6. The third-order valence-corrected chi connectivity index (χ3v) is 4.97. The van der Waals surface area contributed by atoms with Crippen molar-refractivity contribution >= 4 is 23.1 Å². The predicted molar refractivity (Wildman–Crippen MR) is 128 cm³/mol. The third kappa shape index (κ3) is 6.16. The second-order valence-electron chi connectivity index (χ2n) is 7.47. The van der Waals surface area contributed by atoms with Gasteiger partial charge in [0.05, 0.1) is 6.61 Å². The van der Waals surface area contributed by atoms with Crippen molar-refractivity contribution in [3.63, 3.8) is 0 Å². The van der Waals surface area contributed by atoms with Gasteiger partial charge in [-0.15, -0.1) is 0 Å². The highest BCUT2D eigenvalue weighted by Gasteiger charge is 2.07. The van der Waals surface area contributed by atoms with E-state index in [9.17, 15) is 4.79 Å². The summed E-state index contributed by atoms with van der Waals surface area (Å²) in [5.41, 5.74) is 2.12. The second kappa shape index (κ2) is 10.9. The van der Waals surface area contributed by atoms with Gasteiger partial charge < -0.3 is 15.4 Å². The van der Waals surface area contributed by atoms with Crippen LogP contribution in [0.4, 0.5) is 17.2 Å². The zero-order chi connectivity index (χ0) is 22.9. The van der Waals surface area contributed by atoms with Crippen LogP contribution in [0.15, 0.2) is 79.6 Å². The fraction of sp³-hybridized carbons (Fsp3) is 0.200. The molecule has 0 radical (unpaired) electrons. The fourth-order valence-corrected chi connectivity index (χ4v) is 3.18. The maximum absolute atomic E-state index is 12.6. The Morgan fingerprint density at radius 3 is 2.52 bits per heavy atom. The number of benzene rings is 2. The molecule has 0 fully saturated rings. The van der Waals surface area contributed by atoms with Gasteiger partial charge >= 0.3 is 0 Å². The zero-order valence-electron chi connectivity index (χ0n) is 18.4. The number of unbranched alkanes of at least 4 members (excludes halogenated alkanes) is 2. The van der Waals surface area contributed by atoms with Crippen LogP contribution in [0, 0.1) is 0 Å². The fourth-order valence-electron chi connectivity index (χ4n) is 3.18. The highest BCUT2D eigenvalue weighted by atomic mass is 16.5. The molecule has 0 aliphatic carbocycles. The second-order valence-corrected chi connectivity index (χ2v) is 7.47. The largest absolute Gasteiger partial charge is 0.494 e. The van der Waals surface area contributed by atoms with E-state index in [0.29, 0.717) is 29.5 Å². The Balaban J connectivity index is 1.32. The minimum Gasteiger partial charge on any atom is -0.494 e. The van der Waals surface area contributed by atoms with Gasteiger partial charge in [0.1, 0.15) is 30.0 Å². The Labute approximate surface area is 192 Å². The summed E-state index contributed by atoms with van der Waals surface area (Å²) in [5, 5.41) is 6.15. The highest BCUT2D eigenvalue weighted by Crippen LogP contribution is 2.20. The van der Waals surface area contributed by atoms with Gasteiger partial charge in [-0.3, -0.25) is 9.36 Å². The maximum Gasteiger partial charge on any atom is 0.255 e. The third-order valence-electron chi connectivity index (χ3n) is 4.97. The van der Waals surface area contributed by atoms with Gasteiger partial charge in [-0.25, -0.2) is 15.0 Å². The first-order valence-electron chi connectivity index (χ1n) is 10.9. The van der Waals surface area contributed by atoms with Crippen molar-refractivity contribution in [1.29, 1.82) is 0 Å². The van der Waals surface area contributed by atoms with Gasteiger partial charge in [0.15, 0.2) is 0 Å². The normalized spacial score (nSPS) is 10.6. The number of anilines is 3. The number of ether oxygens (including phenoxy) is 1. The molecule has 0 atom stereocenters. The average molecular weight is 443 g/mol. The Morgan fingerprint density at radius 2 is 1.79 bits per heavy atom. The molecule has 2 aromatic heterocycles. The van der Waals surface area contributed by atoms with E-state index >= 15 is 0 Å². The summed E-state index contributed by atoms with van der Waals surface area (Å²) >= 11 is 0. The van der Waals surface area contributed by atoms with Gasteiger partial charge in [-0.05, 0) is 55.0 Å². The number of imidazole rings is 1. The smallest absolute Gasteiger partial charge is 0.255 e. The zero-order valence-corrected chi connectivity index (χ0v) is 18.4. The lowest BCUT2D eigenvalue weighted by molar-refractivity contribution is 0.102. The van der Waals surface area contributed by atoms with Crippen LogP contribution in [0.3, 0.4) is 0 Å². The lowest BCUT2D eigenvalue weighted by Crippen LogP contribution is -2.11. The first kappa shape index (κ1) is 22.0. The number of nitrogens with one attached hydrogen (secondary N) is 2. The van der Waals surface area contributed by atoms with Crippen molar-refractivity contribution in [2.45, 2.75) is 26.2 Å². The quantitative estimate of drug-likeness (QED) is 0.327. The summed E-state index contributed by atoms with van der Waals surface area (Å²) < 4.78 is 7.50. The molecule has 4 aromatic rings.